The summed E-state index contributed by atoms with van der Waals surface area (Å²) in [6.45, 7) is 7.91. The van der Waals surface area contributed by atoms with Crippen LogP contribution >= 0.6 is 11.8 Å². The molecule has 59 heavy (non-hydrogen) atoms. The van der Waals surface area contributed by atoms with E-state index in [1.807, 2.05) is 95.6 Å². The highest BCUT2D eigenvalue weighted by Gasteiger charge is 2.38. The lowest BCUT2D eigenvalue weighted by molar-refractivity contribution is -0.142. The van der Waals surface area contributed by atoms with E-state index in [1.165, 1.54) is 11.8 Å². The number of carbonyl (C=O) groups is 4. The molecule has 3 heterocycles. The van der Waals surface area contributed by atoms with Crippen LogP contribution in [0, 0.1) is 0 Å². The Morgan fingerprint density at radius 1 is 0.780 bits per heavy atom. The molecule has 2 aliphatic heterocycles. The average Bonchev–Trinajstić information content (AvgIpc) is 4.07. The molecule has 4 aromatic rings. The number of aromatic nitrogens is 4. The first-order valence-electron chi connectivity index (χ1n) is 20.4. The van der Waals surface area contributed by atoms with Gasteiger partial charge in [-0.3, -0.25) is 19.2 Å². The van der Waals surface area contributed by atoms with E-state index < -0.39 is 30.3 Å². The standard InChI is InChI=1S/C43H56N10O5S/c1-28(44-4)39(54)46-37(42(57)52-25-11-12-35(52)26-53-43(48-49-50-53)59-36-13-7-6-8-14-36)30(3)58-27-31-15-17-32(18-16-31)33-19-21-34(22-20-33)38(47-40(55)29(2)45-5)41(56)51-23-9-10-24-51/h6-8,13-22,28-30,35,37-38,44-45H,9-12,23-27H2,1-5H3,(H,46,54)(H,47,55)/t28-,29+,30+,35?,37-,38+/m0/s1. The van der Waals surface area contributed by atoms with E-state index >= 15 is 0 Å². The number of likely N-dealkylation sites (tertiary alicyclic amines) is 2. The number of ether oxygens (including phenoxy) is 1. The van der Waals surface area contributed by atoms with Gasteiger partial charge in [0.2, 0.25) is 28.8 Å². The van der Waals surface area contributed by atoms with Crippen molar-refractivity contribution in [3.8, 4) is 11.1 Å². The van der Waals surface area contributed by atoms with Crippen LogP contribution in [0.25, 0.3) is 11.1 Å². The quantitative estimate of drug-likeness (QED) is 0.116. The lowest BCUT2D eigenvalue weighted by atomic mass is 9.99. The van der Waals surface area contributed by atoms with E-state index in [0.29, 0.717) is 31.3 Å². The van der Waals surface area contributed by atoms with Gasteiger partial charge >= 0.3 is 0 Å². The summed E-state index contributed by atoms with van der Waals surface area (Å²) < 4.78 is 8.06. The number of carbonyl (C=O) groups excluding carboxylic acids is 4. The molecular weight excluding hydrogens is 769 g/mol. The highest BCUT2D eigenvalue weighted by Crippen LogP contribution is 2.28. The van der Waals surface area contributed by atoms with Gasteiger partial charge in [-0.1, -0.05) is 66.7 Å². The van der Waals surface area contributed by atoms with Crippen molar-refractivity contribution in [3.63, 3.8) is 0 Å². The van der Waals surface area contributed by atoms with Crippen molar-refractivity contribution in [1.29, 1.82) is 0 Å². The summed E-state index contributed by atoms with van der Waals surface area (Å²) >= 11 is 1.46. The first-order chi connectivity index (χ1) is 28.6. The molecule has 4 N–H and O–H groups in total. The van der Waals surface area contributed by atoms with E-state index in [1.54, 1.807) is 32.6 Å². The third kappa shape index (κ3) is 11.1. The third-order valence-corrected chi connectivity index (χ3v) is 12.2. The molecule has 3 aromatic carbocycles. The van der Waals surface area contributed by atoms with E-state index in [-0.39, 0.29) is 36.3 Å². The molecule has 314 valence electrons. The second-order valence-corrected chi connectivity index (χ2v) is 16.2. The molecule has 6 rings (SSSR count). The lowest BCUT2D eigenvalue weighted by Crippen LogP contribution is -2.58. The van der Waals surface area contributed by atoms with Crippen molar-refractivity contribution < 1.29 is 23.9 Å². The van der Waals surface area contributed by atoms with Crippen LogP contribution < -0.4 is 21.3 Å². The Morgan fingerprint density at radius 2 is 1.41 bits per heavy atom. The van der Waals surface area contributed by atoms with Crippen LogP contribution in [0.15, 0.2) is 88.9 Å². The maximum Gasteiger partial charge on any atom is 0.249 e. The molecule has 0 bridgehead atoms. The van der Waals surface area contributed by atoms with Gasteiger partial charge in [-0.15, -0.1) is 5.10 Å². The zero-order chi connectivity index (χ0) is 41.9. The van der Waals surface area contributed by atoms with Crippen LogP contribution in [0.2, 0.25) is 0 Å². The number of likely N-dealkylation sites (N-methyl/N-ethyl adjacent to an activating group) is 2. The number of rotatable bonds is 18. The summed E-state index contributed by atoms with van der Waals surface area (Å²) in [4.78, 5) is 58.5. The zero-order valence-corrected chi connectivity index (χ0v) is 35.3. The fourth-order valence-corrected chi connectivity index (χ4v) is 8.05. The SMILES string of the molecule is CN[C@@H](C)C(=O)N[C@H](C(=O)N1CCCC1Cn1nnnc1Sc1ccccc1)[C@@H](C)OCc1ccc(-c2ccc([C@@H](NC(=O)[C@@H](C)NC)C(=O)N3CCCC3)cc2)cc1. The first-order valence-corrected chi connectivity index (χ1v) is 21.2. The fourth-order valence-electron chi connectivity index (χ4n) is 7.25. The van der Waals surface area contributed by atoms with E-state index in [4.69, 9.17) is 4.74 Å². The zero-order valence-electron chi connectivity index (χ0n) is 34.5. The molecule has 0 saturated carbocycles. The number of nitrogens with zero attached hydrogens (tertiary/aromatic N) is 6. The summed E-state index contributed by atoms with van der Waals surface area (Å²) in [5.74, 6) is -0.833. The molecule has 0 aliphatic carbocycles. The monoisotopic (exact) mass is 824 g/mol. The Kier molecular flexibility index (Phi) is 15.2. The Hall–Kier alpha value is -5.16. The maximum atomic E-state index is 14.3. The predicted molar refractivity (Wildman–Crippen MR) is 225 cm³/mol. The lowest BCUT2D eigenvalue weighted by Gasteiger charge is -2.32. The normalized spacial score (nSPS) is 17.9. The largest absolute Gasteiger partial charge is 0.371 e. The summed E-state index contributed by atoms with van der Waals surface area (Å²) in [6, 6.07) is 22.7. The second kappa shape index (κ2) is 20.7. The molecule has 16 heteroatoms. The second-order valence-electron chi connectivity index (χ2n) is 15.2. The number of nitrogens with one attached hydrogen (secondary N) is 4. The van der Waals surface area contributed by atoms with Crippen molar-refractivity contribution in [3.05, 3.63) is 90.0 Å². The number of hydrogen-bond acceptors (Lipinski definition) is 11. The first kappa shape index (κ1) is 43.4. The average molecular weight is 825 g/mol. The van der Waals surface area contributed by atoms with E-state index in [0.717, 1.165) is 52.8 Å². The number of benzene rings is 3. The van der Waals surface area contributed by atoms with Crippen molar-refractivity contribution in [1.82, 2.24) is 51.3 Å². The minimum atomic E-state index is -0.920. The van der Waals surface area contributed by atoms with Gasteiger partial charge in [0.15, 0.2) is 0 Å². The van der Waals surface area contributed by atoms with Crippen LogP contribution in [0.1, 0.15) is 63.6 Å². The molecule has 1 aromatic heterocycles. The molecule has 2 saturated heterocycles. The minimum absolute atomic E-state index is 0.0950. The van der Waals surface area contributed by atoms with Gasteiger partial charge in [0.05, 0.1) is 37.4 Å². The minimum Gasteiger partial charge on any atom is -0.371 e. The number of tetrazole rings is 1. The maximum absolute atomic E-state index is 14.3. The number of hydrogen-bond donors (Lipinski definition) is 4. The molecule has 0 spiro atoms. The smallest absolute Gasteiger partial charge is 0.249 e. The Morgan fingerprint density at radius 3 is 2.05 bits per heavy atom. The van der Waals surface area contributed by atoms with Gasteiger partial charge in [-0.2, -0.15) is 0 Å². The van der Waals surface area contributed by atoms with Gasteiger partial charge in [0.25, 0.3) is 0 Å². The molecule has 15 nitrogen and oxygen atoms in total. The Bertz CT molecular complexity index is 2010. The Balaban J connectivity index is 1.10. The number of amides is 4. The Labute approximate surface area is 350 Å². The van der Waals surface area contributed by atoms with Crippen molar-refractivity contribution >= 4 is 35.4 Å². The molecule has 1 unspecified atom stereocenters. The van der Waals surface area contributed by atoms with Crippen LogP contribution in [0.3, 0.4) is 0 Å². The van der Waals surface area contributed by atoms with Gasteiger partial charge in [-0.25, -0.2) is 4.68 Å². The van der Waals surface area contributed by atoms with Gasteiger partial charge in [0.1, 0.15) is 12.1 Å². The topological polar surface area (TPSA) is 176 Å². The predicted octanol–water partition coefficient (Wildman–Crippen LogP) is 3.57. The van der Waals surface area contributed by atoms with Crippen LogP contribution in [-0.2, 0) is 37.1 Å². The highest BCUT2D eigenvalue weighted by atomic mass is 32.2. The van der Waals surface area contributed by atoms with Crippen LogP contribution in [-0.4, -0.2) is 118 Å². The molecule has 2 aliphatic rings. The van der Waals surface area contributed by atoms with E-state index in [2.05, 4.69) is 36.8 Å². The van der Waals surface area contributed by atoms with Crippen LogP contribution in [0.4, 0.5) is 0 Å². The molecule has 2 fully saturated rings. The van der Waals surface area contributed by atoms with Crippen molar-refractivity contribution in [2.75, 3.05) is 33.7 Å². The third-order valence-electron chi connectivity index (χ3n) is 11.2. The summed E-state index contributed by atoms with van der Waals surface area (Å²) in [5, 5.41) is 24.8. The van der Waals surface area contributed by atoms with Gasteiger partial charge in [-0.05, 0) is 117 Å². The molecule has 0 radical (unpaired) electrons. The van der Waals surface area contributed by atoms with Crippen LogP contribution in [0.5, 0.6) is 0 Å². The fraction of sp³-hybridized carbons (Fsp3) is 0.465. The molecule has 6 atom stereocenters. The molecular formula is C43H56N10O5S. The van der Waals surface area contributed by atoms with Gasteiger partial charge in [0, 0.05) is 24.5 Å². The van der Waals surface area contributed by atoms with Crippen molar-refractivity contribution in [2.24, 2.45) is 0 Å². The molecule has 4 amide bonds. The van der Waals surface area contributed by atoms with Crippen molar-refractivity contribution in [2.45, 2.75) is 106 Å². The van der Waals surface area contributed by atoms with Gasteiger partial charge < -0.3 is 35.8 Å². The highest BCUT2D eigenvalue weighted by molar-refractivity contribution is 7.99. The summed E-state index contributed by atoms with van der Waals surface area (Å²) in [7, 11) is 3.41. The summed E-state index contributed by atoms with van der Waals surface area (Å²) in [5.41, 5.74) is 3.55. The summed E-state index contributed by atoms with van der Waals surface area (Å²) in [6.07, 6.45) is 2.88. The van der Waals surface area contributed by atoms with E-state index in [9.17, 15) is 19.2 Å².